The van der Waals surface area contributed by atoms with E-state index in [1.54, 1.807) is 0 Å². The average Bonchev–Trinajstić information content (AvgIpc) is 2.52. The molecule has 23 heavy (non-hydrogen) atoms. The van der Waals surface area contributed by atoms with Gasteiger partial charge in [0.05, 0.1) is 10.5 Å². The number of halogens is 3. The Hall–Kier alpha value is -2.96. The smallest absolute Gasteiger partial charge is 0.289 e. The van der Waals surface area contributed by atoms with Crippen LogP contribution in [-0.2, 0) is 6.18 Å². The molecule has 0 N–H and O–H groups in total. The van der Waals surface area contributed by atoms with Crippen LogP contribution in [0.15, 0.2) is 54.6 Å². The second-order valence-electron chi connectivity index (χ2n) is 4.59. The van der Waals surface area contributed by atoms with Crippen molar-refractivity contribution in [3.05, 3.63) is 81.4 Å². The Morgan fingerprint density at radius 3 is 2.22 bits per heavy atom. The standard InChI is InChI=1S/C16H10F3NO3/c17-16(18,19)14-4-2-1-3-11(14)7-10-15(21)12-5-8-13(9-6-12)20(22)23/h1-10H/b10-7+. The Bertz CT molecular complexity index is 765. The molecule has 0 amide bonds. The SMILES string of the molecule is O=C(/C=C/c1ccccc1C(F)(F)F)c1ccc([N+](=O)[O-])cc1. The van der Waals surface area contributed by atoms with Crippen LogP contribution in [0.5, 0.6) is 0 Å². The van der Waals surface area contributed by atoms with Crippen LogP contribution >= 0.6 is 0 Å². The van der Waals surface area contributed by atoms with Crippen molar-refractivity contribution < 1.29 is 22.9 Å². The third-order valence-electron chi connectivity index (χ3n) is 3.04. The summed E-state index contributed by atoms with van der Waals surface area (Å²) in [5, 5.41) is 10.5. The minimum atomic E-state index is -4.52. The molecular weight excluding hydrogens is 311 g/mol. The number of carbonyl (C=O) groups is 1. The van der Waals surface area contributed by atoms with Crippen molar-refractivity contribution in [1.82, 2.24) is 0 Å². The molecule has 2 rings (SSSR count). The number of benzene rings is 2. The highest BCUT2D eigenvalue weighted by Gasteiger charge is 2.32. The van der Waals surface area contributed by atoms with Crippen molar-refractivity contribution in [2.45, 2.75) is 6.18 Å². The third kappa shape index (κ3) is 4.03. The van der Waals surface area contributed by atoms with Gasteiger partial charge in [-0.2, -0.15) is 13.2 Å². The van der Waals surface area contributed by atoms with E-state index in [0.717, 1.165) is 30.4 Å². The van der Waals surface area contributed by atoms with E-state index >= 15 is 0 Å². The van der Waals surface area contributed by atoms with Gasteiger partial charge in [0, 0.05) is 17.7 Å². The maximum Gasteiger partial charge on any atom is 0.416 e. The van der Waals surface area contributed by atoms with Crippen LogP contribution in [0.2, 0.25) is 0 Å². The van der Waals surface area contributed by atoms with Crippen molar-refractivity contribution in [3.63, 3.8) is 0 Å². The van der Waals surface area contributed by atoms with Crippen molar-refractivity contribution in [1.29, 1.82) is 0 Å². The molecule has 2 aromatic carbocycles. The van der Waals surface area contributed by atoms with Crippen molar-refractivity contribution in [2.75, 3.05) is 0 Å². The number of nitro groups is 1. The third-order valence-corrected chi connectivity index (χ3v) is 3.04. The molecule has 0 bridgehead atoms. The van der Waals surface area contributed by atoms with Crippen LogP contribution in [0.4, 0.5) is 18.9 Å². The highest BCUT2D eigenvalue weighted by atomic mass is 19.4. The molecule has 0 saturated carbocycles. The molecule has 0 aliphatic rings. The van der Waals surface area contributed by atoms with E-state index in [-0.39, 0.29) is 16.8 Å². The average molecular weight is 321 g/mol. The summed E-state index contributed by atoms with van der Waals surface area (Å²) in [4.78, 5) is 21.8. The molecule has 7 heteroatoms. The second kappa shape index (κ2) is 6.43. The summed E-state index contributed by atoms with van der Waals surface area (Å²) in [5.74, 6) is -0.545. The maximum absolute atomic E-state index is 12.8. The van der Waals surface area contributed by atoms with Gasteiger partial charge in [0.15, 0.2) is 5.78 Å². The van der Waals surface area contributed by atoms with Crippen molar-refractivity contribution in [2.24, 2.45) is 0 Å². The van der Waals surface area contributed by atoms with Crippen LogP contribution in [-0.4, -0.2) is 10.7 Å². The van der Waals surface area contributed by atoms with Gasteiger partial charge in [0.2, 0.25) is 0 Å². The quantitative estimate of drug-likeness (QED) is 0.360. The number of hydrogen-bond acceptors (Lipinski definition) is 3. The van der Waals surface area contributed by atoms with Gasteiger partial charge in [-0.1, -0.05) is 24.3 Å². The lowest BCUT2D eigenvalue weighted by atomic mass is 10.0. The van der Waals surface area contributed by atoms with Crippen LogP contribution in [0.3, 0.4) is 0 Å². The Balaban J connectivity index is 2.24. The van der Waals surface area contributed by atoms with Crippen LogP contribution in [0, 0.1) is 10.1 Å². The van der Waals surface area contributed by atoms with Gasteiger partial charge < -0.3 is 0 Å². The lowest BCUT2D eigenvalue weighted by Gasteiger charge is -2.09. The molecule has 0 radical (unpaired) electrons. The summed E-state index contributed by atoms with van der Waals surface area (Å²) in [5.41, 5.74) is -0.993. The van der Waals surface area contributed by atoms with Gasteiger partial charge in [0.25, 0.3) is 5.69 Å². The summed E-state index contributed by atoms with van der Waals surface area (Å²) < 4.78 is 38.5. The number of allylic oxidation sites excluding steroid dienone is 1. The Kier molecular flexibility index (Phi) is 4.59. The molecule has 0 atom stereocenters. The molecule has 0 unspecified atom stereocenters. The predicted octanol–water partition coefficient (Wildman–Crippen LogP) is 4.51. The molecular formula is C16H10F3NO3. The zero-order chi connectivity index (χ0) is 17.0. The molecule has 4 nitrogen and oxygen atoms in total. The van der Waals surface area contributed by atoms with Crippen LogP contribution in [0.1, 0.15) is 21.5 Å². The highest BCUT2D eigenvalue weighted by molar-refractivity contribution is 6.07. The number of nitrogens with zero attached hydrogens (tertiary/aromatic N) is 1. The summed E-state index contributed by atoms with van der Waals surface area (Å²) in [6.07, 6.45) is -2.43. The number of rotatable bonds is 4. The van der Waals surface area contributed by atoms with E-state index in [0.29, 0.717) is 0 Å². The predicted molar refractivity (Wildman–Crippen MR) is 77.9 cm³/mol. The fourth-order valence-electron chi connectivity index (χ4n) is 1.91. The van der Waals surface area contributed by atoms with Crippen LogP contribution < -0.4 is 0 Å². The lowest BCUT2D eigenvalue weighted by Crippen LogP contribution is -2.07. The summed E-state index contributed by atoms with van der Waals surface area (Å²) in [6.45, 7) is 0. The summed E-state index contributed by atoms with van der Waals surface area (Å²) >= 11 is 0. The monoisotopic (exact) mass is 321 g/mol. The van der Waals surface area contributed by atoms with Crippen molar-refractivity contribution in [3.8, 4) is 0 Å². The highest BCUT2D eigenvalue weighted by Crippen LogP contribution is 2.32. The number of alkyl halides is 3. The number of non-ortho nitro benzene ring substituents is 1. The number of hydrogen-bond donors (Lipinski definition) is 0. The number of ketones is 1. The van der Waals surface area contributed by atoms with E-state index in [9.17, 15) is 28.1 Å². The Morgan fingerprint density at radius 1 is 1.04 bits per heavy atom. The molecule has 0 aliphatic carbocycles. The molecule has 118 valence electrons. The molecule has 0 aliphatic heterocycles. The van der Waals surface area contributed by atoms with Gasteiger partial charge in [-0.05, 0) is 29.8 Å². The van der Waals surface area contributed by atoms with Gasteiger partial charge >= 0.3 is 6.18 Å². The largest absolute Gasteiger partial charge is 0.416 e. The van der Waals surface area contributed by atoms with Gasteiger partial charge in [0.1, 0.15) is 0 Å². The molecule has 0 heterocycles. The molecule has 2 aromatic rings. The lowest BCUT2D eigenvalue weighted by molar-refractivity contribution is -0.384. The van der Waals surface area contributed by atoms with Crippen molar-refractivity contribution >= 4 is 17.5 Å². The van der Waals surface area contributed by atoms with Gasteiger partial charge in [-0.15, -0.1) is 0 Å². The van der Waals surface area contributed by atoms with E-state index in [4.69, 9.17) is 0 Å². The minimum Gasteiger partial charge on any atom is -0.289 e. The van der Waals surface area contributed by atoms with E-state index in [2.05, 4.69) is 0 Å². The number of carbonyl (C=O) groups excluding carboxylic acids is 1. The van der Waals surface area contributed by atoms with Gasteiger partial charge in [-0.3, -0.25) is 14.9 Å². The fraction of sp³-hybridized carbons (Fsp3) is 0.0625. The minimum absolute atomic E-state index is 0.129. The molecule has 0 fully saturated rings. The second-order valence-corrected chi connectivity index (χ2v) is 4.59. The zero-order valence-corrected chi connectivity index (χ0v) is 11.6. The first-order chi connectivity index (χ1) is 10.8. The summed E-state index contributed by atoms with van der Waals surface area (Å²) in [6, 6.07) is 9.69. The Morgan fingerprint density at radius 2 is 1.65 bits per heavy atom. The topological polar surface area (TPSA) is 60.2 Å². The zero-order valence-electron chi connectivity index (χ0n) is 11.6. The first-order valence-electron chi connectivity index (χ1n) is 6.42. The molecule has 0 spiro atoms. The molecule has 0 saturated heterocycles. The molecule has 0 aromatic heterocycles. The fourth-order valence-corrected chi connectivity index (χ4v) is 1.91. The normalized spacial score (nSPS) is 11.6. The Labute approximate surface area is 129 Å². The number of nitro benzene ring substituents is 1. The first kappa shape index (κ1) is 16.4. The summed E-state index contributed by atoms with van der Waals surface area (Å²) in [7, 11) is 0. The van der Waals surface area contributed by atoms with Gasteiger partial charge in [-0.25, -0.2) is 0 Å². The van der Waals surface area contributed by atoms with E-state index in [1.165, 1.54) is 30.3 Å². The first-order valence-corrected chi connectivity index (χ1v) is 6.42. The van der Waals surface area contributed by atoms with Crippen LogP contribution in [0.25, 0.3) is 6.08 Å². The van der Waals surface area contributed by atoms with E-state index < -0.39 is 22.4 Å². The maximum atomic E-state index is 12.8. The van der Waals surface area contributed by atoms with E-state index in [1.807, 2.05) is 0 Å².